The van der Waals surface area contributed by atoms with Crippen molar-refractivity contribution in [2.24, 2.45) is 5.41 Å². The summed E-state index contributed by atoms with van der Waals surface area (Å²) in [5, 5.41) is 0. The molecule has 0 radical (unpaired) electrons. The van der Waals surface area contributed by atoms with E-state index in [1.807, 2.05) is 0 Å². The van der Waals surface area contributed by atoms with Crippen molar-refractivity contribution in [3.63, 3.8) is 0 Å². The molecule has 0 amide bonds. The van der Waals surface area contributed by atoms with Crippen LogP contribution in [0.3, 0.4) is 0 Å². The standard InChI is InChI=1S/C20H28OTe/c1-14(15(2)13-21-6)11-18-17-10-8-7-9-16(17)12-19(22-18)20(3,4)5/h7-10,12,18H,11,13H2,1-6H3/b15-14+. The van der Waals surface area contributed by atoms with Gasteiger partial charge in [-0.25, -0.2) is 0 Å². The van der Waals surface area contributed by atoms with Gasteiger partial charge in [0.1, 0.15) is 0 Å². The molecule has 1 aromatic rings. The van der Waals surface area contributed by atoms with E-state index in [0.717, 1.165) is 6.61 Å². The molecular formula is C20H28OTe. The molecule has 1 aliphatic rings. The van der Waals surface area contributed by atoms with Crippen LogP contribution in [-0.4, -0.2) is 34.6 Å². The molecule has 0 N–H and O–H groups in total. The van der Waals surface area contributed by atoms with Crippen molar-refractivity contribution in [1.29, 1.82) is 0 Å². The average molecular weight is 412 g/mol. The van der Waals surface area contributed by atoms with E-state index in [2.05, 4.69) is 65.0 Å². The monoisotopic (exact) mass is 414 g/mol. The molecule has 0 bridgehead atoms. The molecule has 0 aromatic heterocycles. The van der Waals surface area contributed by atoms with Crippen LogP contribution in [0, 0.1) is 5.41 Å². The SMILES string of the molecule is COC/C(C)=C(\C)CC1[Te]C(C(C)(C)C)=Cc2ccccc21. The molecule has 1 heterocycles. The van der Waals surface area contributed by atoms with E-state index in [1.54, 1.807) is 16.3 Å². The topological polar surface area (TPSA) is 9.23 Å². The van der Waals surface area contributed by atoms with Crippen LogP contribution < -0.4 is 0 Å². The van der Waals surface area contributed by atoms with Crippen molar-refractivity contribution >= 4 is 27.0 Å². The quantitative estimate of drug-likeness (QED) is 0.488. The van der Waals surface area contributed by atoms with E-state index >= 15 is 0 Å². The van der Waals surface area contributed by atoms with Crippen LogP contribution in [-0.2, 0) is 4.74 Å². The van der Waals surface area contributed by atoms with Gasteiger partial charge in [0, 0.05) is 0 Å². The molecule has 1 unspecified atom stereocenters. The molecular weight excluding hydrogens is 384 g/mol. The predicted molar refractivity (Wildman–Crippen MR) is 97.2 cm³/mol. The molecule has 1 aliphatic heterocycles. The van der Waals surface area contributed by atoms with Gasteiger partial charge in [0.2, 0.25) is 0 Å². The minimum absolute atomic E-state index is 0.187. The van der Waals surface area contributed by atoms with Crippen LogP contribution in [0.5, 0.6) is 0 Å². The summed E-state index contributed by atoms with van der Waals surface area (Å²) in [5.41, 5.74) is 6.18. The van der Waals surface area contributed by atoms with Crippen LogP contribution in [0.1, 0.15) is 56.1 Å². The molecule has 2 heteroatoms. The molecule has 0 aliphatic carbocycles. The molecule has 1 nitrogen and oxygen atoms in total. The van der Waals surface area contributed by atoms with Crippen molar-refractivity contribution in [2.75, 3.05) is 13.7 Å². The van der Waals surface area contributed by atoms with Gasteiger partial charge in [-0.1, -0.05) is 0 Å². The summed E-state index contributed by atoms with van der Waals surface area (Å²) in [6, 6.07) is 8.97. The van der Waals surface area contributed by atoms with Crippen LogP contribution >= 0.6 is 0 Å². The van der Waals surface area contributed by atoms with Gasteiger partial charge in [-0.2, -0.15) is 0 Å². The third-order valence-corrected chi connectivity index (χ3v) is 9.04. The number of hydrogen-bond donors (Lipinski definition) is 0. The Bertz CT molecular complexity index is 590. The number of ether oxygens (including phenoxy) is 1. The second-order valence-electron chi connectivity index (χ2n) is 7.19. The zero-order valence-corrected chi connectivity index (χ0v) is 17.0. The van der Waals surface area contributed by atoms with Crippen molar-refractivity contribution in [3.8, 4) is 0 Å². The molecule has 0 fully saturated rings. The van der Waals surface area contributed by atoms with Crippen molar-refractivity contribution < 1.29 is 4.74 Å². The number of fused-ring (bicyclic) bond motifs is 1. The Morgan fingerprint density at radius 2 is 1.82 bits per heavy atom. The van der Waals surface area contributed by atoms with Crippen molar-refractivity contribution in [1.82, 2.24) is 0 Å². The summed E-state index contributed by atoms with van der Waals surface area (Å²) < 4.78 is 7.71. The summed E-state index contributed by atoms with van der Waals surface area (Å²) in [6.45, 7) is 12.3. The molecule has 0 saturated carbocycles. The number of benzene rings is 1. The molecule has 0 saturated heterocycles. The maximum absolute atomic E-state index is 5.30. The second-order valence-corrected chi connectivity index (χ2v) is 10.7. The Labute approximate surface area is 145 Å². The Hall–Kier alpha value is -0.550. The van der Waals surface area contributed by atoms with Crippen LogP contribution in [0.4, 0.5) is 0 Å². The summed E-state index contributed by atoms with van der Waals surface area (Å²) in [4.78, 5) is 0. The van der Waals surface area contributed by atoms with Gasteiger partial charge in [0.05, 0.1) is 0 Å². The molecule has 0 spiro atoms. The van der Waals surface area contributed by atoms with Gasteiger partial charge >= 0.3 is 146 Å². The fraction of sp³-hybridized carbons (Fsp3) is 0.500. The van der Waals surface area contributed by atoms with E-state index < -0.39 is 0 Å². The minimum atomic E-state index is -0.187. The van der Waals surface area contributed by atoms with E-state index in [9.17, 15) is 0 Å². The Morgan fingerprint density at radius 3 is 2.45 bits per heavy atom. The second kappa shape index (κ2) is 7.35. The van der Waals surface area contributed by atoms with E-state index in [0.29, 0.717) is 9.38 Å². The van der Waals surface area contributed by atoms with Gasteiger partial charge < -0.3 is 0 Å². The van der Waals surface area contributed by atoms with Crippen LogP contribution in [0.25, 0.3) is 6.08 Å². The first-order valence-electron chi connectivity index (χ1n) is 7.95. The van der Waals surface area contributed by atoms with E-state index in [-0.39, 0.29) is 20.9 Å². The fourth-order valence-corrected chi connectivity index (χ4v) is 7.03. The third-order valence-electron chi connectivity index (χ3n) is 4.22. The number of rotatable bonds is 4. The van der Waals surface area contributed by atoms with Gasteiger partial charge in [-0.3, -0.25) is 0 Å². The Kier molecular flexibility index (Phi) is 5.94. The van der Waals surface area contributed by atoms with Crippen LogP contribution in [0.2, 0.25) is 0 Å². The van der Waals surface area contributed by atoms with Gasteiger partial charge in [-0.15, -0.1) is 0 Å². The first kappa shape index (κ1) is 17.8. The van der Waals surface area contributed by atoms with E-state index in [4.69, 9.17) is 4.74 Å². The summed E-state index contributed by atoms with van der Waals surface area (Å²) in [6.07, 6.45) is 3.65. The summed E-state index contributed by atoms with van der Waals surface area (Å²) in [7, 11) is 1.78. The van der Waals surface area contributed by atoms with Gasteiger partial charge in [-0.05, 0) is 0 Å². The molecule has 22 heavy (non-hydrogen) atoms. The maximum atomic E-state index is 5.30. The van der Waals surface area contributed by atoms with E-state index in [1.165, 1.54) is 23.1 Å². The molecule has 2 rings (SSSR count). The fourth-order valence-electron chi connectivity index (χ4n) is 2.66. The number of allylic oxidation sites excluding steroid dienone is 2. The van der Waals surface area contributed by atoms with Crippen molar-refractivity contribution in [2.45, 2.75) is 45.0 Å². The summed E-state index contributed by atoms with van der Waals surface area (Å²) in [5.74, 6) is 0. The Morgan fingerprint density at radius 1 is 1.14 bits per heavy atom. The number of methoxy groups -OCH3 is 1. The first-order chi connectivity index (χ1) is 10.3. The Balaban J connectivity index is 2.33. The zero-order valence-electron chi connectivity index (χ0n) is 14.7. The number of hydrogen-bond acceptors (Lipinski definition) is 1. The van der Waals surface area contributed by atoms with Crippen molar-refractivity contribution in [3.05, 3.63) is 50.2 Å². The van der Waals surface area contributed by atoms with Gasteiger partial charge in [0.25, 0.3) is 0 Å². The first-order valence-corrected chi connectivity index (χ1v) is 10.5. The average Bonchev–Trinajstić information content (AvgIpc) is 2.46. The molecule has 1 atom stereocenters. The zero-order chi connectivity index (χ0) is 16.3. The normalized spacial score (nSPS) is 19.4. The van der Waals surface area contributed by atoms with Crippen LogP contribution in [0.15, 0.2) is 39.0 Å². The molecule has 120 valence electrons. The summed E-state index contributed by atoms with van der Waals surface area (Å²) >= 11 is -0.187. The third kappa shape index (κ3) is 4.25. The predicted octanol–water partition coefficient (Wildman–Crippen LogP) is 5.21. The molecule has 1 aromatic carbocycles. The van der Waals surface area contributed by atoms with Gasteiger partial charge in [0.15, 0.2) is 0 Å².